The van der Waals surface area contributed by atoms with Crippen molar-refractivity contribution in [3.63, 3.8) is 0 Å². The molecule has 7 nitrogen and oxygen atoms in total. The summed E-state index contributed by atoms with van der Waals surface area (Å²) in [5, 5.41) is 8.41. The lowest BCUT2D eigenvalue weighted by Crippen LogP contribution is -2.14. The standard InChI is InChI=1S/C18H14N4O3S2/c23-27(24,22-17-11-26-12-19-17)16-8-4-7-14(15-9-10-20-21-15)18(16)25-13-5-2-1-3-6-13/h1-12,22H,(H,20,21). The third kappa shape index (κ3) is 3.69. The number of rotatable bonds is 6. The van der Waals surface area contributed by atoms with Gasteiger partial charge in [-0.05, 0) is 30.3 Å². The van der Waals surface area contributed by atoms with Crippen LogP contribution in [-0.2, 0) is 10.0 Å². The van der Waals surface area contributed by atoms with Gasteiger partial charge in [0.05, 0.1) is 11.2 Å². The SMILES string of the molecule is O=S(=O)(Nc1cscn1)c1cccc(-c2ccn[nH]2)c1Oc1ccccc1. The van der Waals surface area contributed by atoms with Crippen molar-refractivity contribution in [2.45, 2.75) is 4.90 Å². The Morgan fingerprint density at radius 1 is 1.04 bits per heavy atom. The molecule has 4 rings (SSSR count). The number of hydrogen-bond acceptors (Lipinski definition) is 6. The lowest BCUT2D eigenvalue weighted by molar-refractivity contribution is 0.469. The highest BCUT2D eigenvalue weighted by atomic mass is 32.2. The Morgan fingerprint density at radius 2 is 1.89 bits per heavy atom. The summed E-state index contributed by atoms with van der Waals surface area (Å²) < 4.78 is 34.4. The van der Waals surface area contributed by atoms with Crippen LogP contribution in [0.15, 0.2) is 76.6 Å². The largest absolute Gasteiger partial charge is 0.455 e. The molecule has 0 radical (unpaired) electrons. The minimum Gasteiger partial charge on any atom is -0.455 e. The molecule has 0 bridgehead atoms. The molecule has 4 aromatic rings. The van der Waals surface area contributed by atoms with E-state index in [1.54, 1.807) is 47.4 Å². The Kier molecular flexibility index (Phi) is 4.61. The number of aromatic nitrogens is 3. The topological polar surface area (TPSA) is 97.0 Å². The van der Waals surface area contributed by atoms with E-state index in [0.717, 1.165) is 0 Å². The Morgan fingerprint density at radius 3 is 2.59 bits per heavy atom. The van der Waals surface area contributed by atoms with E-state index in [1.165, 1.54) is 17.4 Å². The van der Waals surface area contributed by atoms with Gasteiger partial charge in [0, 0.05) is 17.1 Å². The average molecular weight is 398 g/mol. The molecule has 0 aliphatic heterocycles. The second-order valence-corrected chi connectivity index (χ2v) is 7.87. The fraction of sp³-hybridized carbons (Fsp3) is 0. The van der Waals surface area contributed by atoms with Gasteiger partial charge in [-0.1, -0.05) is 24.3 Å². The number of nitrogens with one attached hydrogen (secondary N) is 2. The molecule has 0 saturated carbocycles. The number of aromatic amines is 1. The van der Waals surface area contributed by atoms with E-state index in [-0.39, 0.29) is 16.5 Å². The molecule has 0 aliphatic carbocycles. The number of anilines is 1. The summed E-state index contributed by atoms with van der Waals surface area (Å²) in [7, 11) is -3.91. The van der Waals surface area contributed by atoms with Crippen LogP contribution in [0.25, 0.3) is 11.3 Å². The molecule has 0 spiro atoms. The Labute approximate surface area is 159 Å². The maximum absolute atomic E-state index is 13.0. The maximum Gasteiger partial charge on any atom is 0.266 e. The van der Waals surface area contributed by atoms with Crippen LogP contribution >= 0.6 is 11.3 Å². The van der Waals surface area contributed by atoms with Gasteiger partial charge in [0.1, 0.15) is 10.6 Å². The molecule has 136 valence electrons. The first-order valence-corrected chi connectivity index (χ1v) is 10.3. The summed E-state index contributed by atoms with van der Waals surface area (Å²) in [6.07, 6.45) is 1.59. The number of hydrogen-bond donors (Lipinski definition) is 2. The van der Waals surface area contributed by atoms with Crippen molar-refractivity contribution >= 4 is 27.2 Å². The summed E-state index contributed by atoms with van der Waals surface area (Å²) in [6, 6.07) is 15.7. The van der Waals surface area contributed by atoms with Gasteiger partial charge in [-0.2, -0.15) is 5.10 Å². The number of H-pyrrole nitrogens is 1. The lowest BCUT2D eigenvalue weighted by Gasteiger charge is -2.15. The van der Waals surface area contributed by atoms with Crippen LogP contribution < -0.4 is 9.46 Å². The first kappa shape index (κ1) is 17.3. The van der Waals surface area contributed by atoms with Crippen molar-refractivity contribution in [1.82, 2.24) is 15.2 Å². The number of ether oxygens (including phenoxy) is 1. The van der Waals surface area contributed by atoms with E-state index in [1.807, 2.05) is 18.2 Å². The van der Waals surface area contributed by atoms with E-state index in [2.05, 4.69) is 19.9 Å². The van der Waals surface area contributed by atoms with Gasteiger partial charge in [-0.15, -0.1) is 11.3 Å². The fourth-order valence-electron chi connectivity index (χ4n) is 2.51. The second-order valence-electron chi connectivity index (χ2n) is 5.50. The molecule has 2 aromatic carbocycles. The molecule has 0 aliphatic rings. The van der Waals surface area contributed by atoms with Gasteiger partial charge in [0.2, 0.25) is 0 Å². The van der Waals surface area contributed by atoms with Crippen LogP contribution in [0.5, 0.6) is 11.5 Å². The highest BCUT2D eigenvalue weighted by Crippen LogP contribution is 2.38. The zero-order valence-corrected chi connectivity index (χ0v) is 15.5. The Balaban J connectivity index is 1.84. The highest BCUT2D eigenvalue weighted by Gasteiger charge is 2.24. The Bertz CT molecular complexity index is 1130. The van der Waals surface area contributed by atoms with Crippen LogP contribution in [-0.4, -0.2) is 23.6 Å². The van der Waals surface area contributed by atoms with Crippen molar-refractivity contribution in [2.75, 3.05) is 4.72 Å². The predicted molar refractivity (Wildman–Crippen MR) is 103 cm³/mol. The van der Waals surface area contributed by atoms with E-state index < -0.39 is 10.0 Å². The van der Waals surface area contributed by atoms with Gasteiger partial charge in [-0.3, -0.25) is 9.82 Å². The highest BCUT2D eigenvalue weighted by molar-refractivity contribution is 7.92. The molecule has 0 amide bonds. The summed E-state index contributed by atoms with van der Waals surface area (Å²) in [4.78, 5) is 3.99. The molecule has 0 unspecified atom stereocenters. The van der Waals surface area contributed by atoms with E-state index in [9.17, 15) is 8.42 Å². The van der Waals surface area contributed by atoms with Crippen LogP contribution in [0.1, 0.15) is 0 Å². The minimum atomic E-state index is -3.91. The molecule has 2 N–H and O–H groups in total. The third-order valence-electron chi connectivity index (χ3n) is 3.69. The summed E-state index contributed by atoms with van der Waals surface area (Å²) in [5.74, 6) is 0.989. The Hall–Kier alpha value is -3.17. The van der Waals surface area contributed by atoms with Gasteiger partial charge >= 0.3 is 0 Å². The fourth-order valence-corrected chi connectivity index (χ4v) is 4.22. The van der Waals surface area contributed by atoms with Crippen molar-refractivity contribution in [2.24, 2.45) is 0 Å². The number of sulfonamides is 1. The van der Waals surface area contributed by atoms with E-state index >= 15 is 0 Å². The third-order valence-corrected chi connectivity index (χ3v) is 5.66. The first-order chi connectivity index (χ1) is 13.1. The van der Waals surface area contributed by atoms with Crippen LogP contribution in [0.2, 0.25) is 0 Å². The summed E-state index contributed by atoms with van der Waals surface area (Å²) >= 11 is 1.30. The van der Waals surface area contributed by atoms with Gasteiger partial charge in [0.15, 0.2) is 11.6 Å². The molecule has 2 heterocycles. The molecule has 2 aromatic heterocycles. The quantitative estimate of drug-likeness (QED) is 0.509. The monoisotopic (exact) mass is 398 g/mol. The zero-order valence-electron chi connectivity index (χ0n) is 13.9. The molecular formula is C18H14N4O3S2. The first-order valence-electron chi connectivity index (χ1n) is 7.90. The smallest absolute Gasteiger partial charge is 0.266 e. The van der Waals surface area contributed by atoms with Crippen molar-refractivity contribution in [1.29, 1.82) is 0 Å². The predicted octanol–water partition coefficient (Wildman–Crippen LogP) is 4.13. The normalized spacial score (nSPS) is 11.3. The van der Waals surface area contributed by atoms with Gasteiger partial charge in [-0.25, -0.2) is 13.4 Å². The van der Waals surface area contributed by atoms with Crippen molar-refractivity contribution in [3.8, 4) is 22.8 Å². The molecule has 27 heavy (non-hydrogen) atoms. The average Bonchev–Trinajstić information content (AvgIpc) is 3.36. The summed E-state index contributed by atoms with van der Waals surface area (Å²) in [5.41, 5.74) is 2.78. The summed E-state index contributed by atoms with van der Waals surface area (Å²) in [6.45, 7) is 0. The number of para-hydroxylation sites is 2. The van der Waals surface area contributed by atoms with E-state index in [0.29, 0.717) is 17.0 Å². The molecule has 0 saturated heterocycles. The number of thiazole rings is 1. The van der Waals surface area contributed by atoms with Crippen LogP contribution in [0.4, 0.5) is 5.82 Å². The molecular weight excluding hydrogens is 384 g/mol. The molecule has 9 heteroatoms. The second kappa shape index (κ2) is 7.22. The zero-order chi connectivity index (χ0) is 18.7. The van der Waals surface area contributed by atoms with Crippen molar-refractivity contribution < 1.29 is 13.2 Å². The van der Waals surface area contributed by atoms with Crippen LogP contribution in [0, 0.1) is 0 Å². The van der Waals surface area contributed by atoms with Gasteiger partial charge < -0.3 is 4.74 Å². The van der Waals surface area contributed by atoms with Crippen molar-refractivity contribution in [3.05, 3.63) is 71.7 Å². The number of benzene rings is 2. The molecule has 0 fully saturated rings. The van der Waals surface area contributed by atoms with E-state index in [4.69, 9.17) is 4.74 Å². The maximum atomic E-state index is 13.0. The van der Waals surface area contributed by atoms with Crippen LogP contribution in [0.3, 0.4) is 0 Å². The molecule has 0 atom stereocenters. The number of nitrogens with zero attached hydrogens (tertiary/aromatic N) is 2. The lowest BCUT2D eigenvalue weighted by atomic mass is 10.1. The van der Waals surface area contributed by atoms with Gasteiger partial charge in [0.25, 0.3) is 10.0 Å². The minimum absolute atomic E-state index is 0.00598.